The molecule has 0 rings (SSSR count). The van der Waals surface area contributed by atoms with Gasteiger partial charge in [0.05, 0.1) is 6.07 Å². The number of nitrogens with zero attached hydrogens (tertiary/aromatic N) is 1. The highest BCUT2D eigenvalue weighted by Gasteiger charge is 1.57. The average molecular weight is 82.1 g/mol. The minimum atomic E-state index is 0.452. The van der Waals surface area contributed by atoms with Gasteiger partial charge < -0.3 is 5.73 Å². The molecule has 0 aliphatic rings. The molecule has 0 unspecified atom stereocenters. The van der Waals surface area contributed by atoms with Crippen molar-refractivity contribution in [2.45, 2.75) is 0 Å². The Balaban J connectivity index is 3.02. The van der Waals surface area contributed by atoms with E-state index in [4.69, 9.17) is 11.0 Å². The summed E-state index contributed by atoms with van der Waals surface area (Å²) in [7, 11) is 0. The maximum absolute atomic E-state index is 7.80. The van der Waals surface area contributed by atoms with Gasteiger partial charge in [0.1, 0.15) is 0 Å². The van der Waals surface area contributed by atoms with Crippen molar-refractivity contribution >= 4 is 0 Å². The minimum absolute atomic E-state index is 0.452. The second kappa shape index (κ2) is 4.19. The summed E-state index contributed by atoms with van der Waals surface area (Å²) >= 11 is 0. The van der Waals surface area contributed by atoms with E-state index < -0.39 is 0 Å². The van der Waals surface area contributed by atoms with Crippen LogP contribution in [-0.4, -0.2) is 6.54 Å². The third-order valence-corrected chi connectivity index (χ3v) is 0.328. The molecule has 2 N–H and O–H groups in total. The summed E-state index contributed by atoms with van der Waals surface area (Å²) in [6.45, 7) is 0.452. The Morgan fingerprint density at radius 1 is 1.83 bits per heavy atom. The lowest BCUT2D eigenvalue weighted by atomic mass is 10.5. The van der Waals surface area contributed by atoms with Gasteiger partial charge in [-0.15, -0.1) is 0 Å². The molecular formula is C4H6N2. The van der Waals surface area contributed by atoms with E-state index in [-0.39, 0.29) is 0 Å². The average Bonchev–Trinajstić information content (AvgIpc) is 1.61. The first-order valence-corrected chi connectivity index (χ1v) is 1.66. The fourth-order valence-electron chi connectivity index (χ4n) is 0.121. The van der Waals surface area contributed by atoms with E-state index in [1.165, 1.54) is 6.08 Å². The Hall–Kier alpha value is -0.810. The second-order valence-corrected chi connectivity index (χ2v) is 0.767. The van der Waals surface area contributed by atoms with Gasteiger partial charge in [-0.1, -0.05) is 6.08 Å². The predicted octanol–water partition coefficient (Wildman–Crippen LogP) is 0.0249. The zero-order valence-corrected chi connectivity index (χ0v) is 3.39. The lowest BCUT2D eigenvalue weighted by Gasteiger charge is -1.65. The molecule has 32 valence electrons. The quantitative estimate of drug-likeness (QED) is 0.453. The summed E-state index contributed by atoms with van der Waals surface area (Å²) in [5, 5.41) is 7.80. The Bertz CT molecular complexity index is 78.0. The second-order valence-electron chi connectivity index (χ2n) is 0.767. The minimum Gasteiger partial charge on any atom is -0.327 e. The van der Waals surface area contributed by atoms with Crippen LogP contribution in [0.1, 0.15) is 0 Å². The number of nitrogens with two attached hydrogens (primary N) is 1. The van der Waals surface area contributed by atoms with Crippen LogP contribution in [0.5, 0.6) is 0 Å². The SMILES string of the molecule is N#CC=CCN. The van der Waals surface area contributed by atoms with Crippen LogP contribution < -0.4 is 5.73 Å². The molecule has 0 aromatic carbocycles. The Morgan fingerprint density at radius 2 is 2.50 bits per heavy atom. The van der Waals surface area contributed by atoms with Crippen molar-refractivity contribution in [3.63, 3.8) is 0 Å². The van der Waals surface area contributed by atoms with Gasteiger partial charge in [0.25, 0.3) is 0 Å². The third-order valence-electron chi connectivity index (χ3n) is 0.328. The molecule has 0 amide bonds. The van der Waals surface area contributed by atoms with E-state index in [9.17, 15) is 0 Å². The van der Waals surface area contributed by atoms with Gasteiger partial charge in [-0.2, -0.15) is 5.26 Å². The molecule has 0 aliphatic heterocycles. The fourth-order valence-corrected chi connectivity index (χ4v) is 0.121. The monoisotopic (exact) mass is 82.1 g/mol. The van der Waals surface area contributed by atoms with Crippen LogP contribution in [0.4, 0.5) is 0 Å². The lowest BCUT2D eigenvalue weighted by molar-refractivity contribution is 1.25. The molecule has 0 saturated heterocycles. The molecule has 0 bridgehead atoms. The van der Waals surface area contributed by atoms with Gasteiger partial charge in [-0.3, -0.25) is 0 Å². The standard InChI is InChI=1S/C4H6N2/c5-3-1-2-4-6/h1-2H,3,5H2. The summed E-state index contributed by atoms with van der Waals surface area (Å²) < 4.78 is 0. The maximum atomic E-state index is 7.80. The van der Waals surface area contributed by atoms with Crippen LogP contribution in [0.2, 0.25) is 0 Å². The zero-order valence-electron chi connectivity index (χ0n) is 3.39. The van der Waals surface area contributed by atoms with Crippen molar-refractivity contribution in [3.05, 3.63) is 12.2 Å². The van der Waals surface area contributed by atoms with Gasteiger partial charge in [-0.05, 0) is 0 Å². The molecule has 0 atom stereocenters. The van der Waals surface area contributed by atoms with Crippen LogP contribution >= 0.6 is 0 Å². The number of nitriles is 1. The first-order valence-electron chi connectivity index (χ1n) is 1.66. The topological polar surface area (TPSA) is 49.8 Å². The zero-order chi connectivity index (χ0) is 4.83. The number of rotatable bonds is 1. The highest BCUT2D eigenvalue weighted by molar-refractivity contribution is 5.01. The normalized spacial score (nSPS) is 8.67. The number of hydrogen-bond acceptors (Lipinski definition) is 2. The smallest absolute Gasteiger partial charge is 0.0909 e. The highest BCUT2D eigenvalue weighted by Crippen LogP contribution is 1.59. The lowest BCUT2D eigenvalue weighted by Crippen LogP contribution is -1.91. The molecule has 0 spiro atoms. The largest absolute Gasteiger partial charge is 0.327 e. The van der Waals surface area contributed by atoms with E-state index in [1.54, 1.807) is 6.08 Å². The van der Waals surface area contributed by atoms with E-state index in [0.717, 1.165) is 0 Å². The van der Waals surface area contributed by atoms with Gasteiger partial charge in [0, 0.05) is 12.6 Å². The molecule has 0 aromatic heterocycles. The first-order chi connectivity index (χ1) is 2.91. The number of allylic oxidation sites excluding steroid dienone is 1. The fraction of sp³-hybridized carbons (Fsp3) is 0.250. The summed E-state index contributed by atoms with van der Waals surface area (Å²) in [4.78, 5) is 0. The van der Waals surface area contributed by atoms with Gasteiger partial charge in [-0.25, -0.2) is 0 Å². The van der Waals surface area contributed by atoms with Crippen LogP contribution in [0, 0.1) is 11.3 Å². The van der Waals surface area contributed by atoms with Crippen molar-refractivity contribution in [2.75, 3.05) is 6.54 Å². The van der Waals surface area contributed by atoms with Crippen molar-refractivity contribution in [3.8, 4) is 6.07 Å². The van der Waals surface area contributed by atoms with Crippen LogP contribution in [0.15, 0.2) is 12.2 Å². The highest BCUT2D eigenvalue weighted by atomic mass is 14.5. The van der Waals surface area contributed by atoms with Gasteiger partial charge >= 0.3 is 0 Å². The van der Waals surface area contributed by atoms with Crippen molar-refractivity contribution in [2.24, 2.45) is 5.73 Å². The maximum Gasteiger partial charge on any atom is 0.0909 e. The van der Waals surface area contributed by atoms with Crippen LogP contribution in [0.25, 0.3) is 0 Å². The molecule has 0 aromatic rings. The molecule has 0 saturated carbocycles. The molecule has 0 fully saturated rings. The third kappa shape index (κ3) is 3.19. The number of hydrogen-bond donors (Lipinski definition) is 1. The predicted molar refractivity (Wildman–Crippen MR) is 23.8 cm³/mol. The molecule has 0 heterocycles. The van der Waals surface area contributed by atoms with Gasteiger partial charge in [0.2, 0.25) is 0 Å². The Kier molecular flexibility index (Phi) is 3.62. The summed E-state index contributed by atoms with van der Waals surface area (Å²) in [5.74, 6) is 0. The summed E-state index contributed by atoms with van der Waals surface area (Å²) in [6, 6.07) is 1.81. The van der Waals surface area contributed by atoms with E-state index in [0.29, 0.717) is 6.54 Å². The van der Waals surface area contributed by atoms with Crippen LogP contribution in [0.3, 0.4) is 0 Å². The van der Waals surface area contributed by atoms with Crippen molar-refractivity contribution in [1.29, 1.82) is 5.26 Å². The first kappa shape index (κ1) is 5.19. The van der Waals surface area contributed by atoms with Crippen LogP contribution in [-0.2, 0) is 0 Å². The summed E-state index contributed by atoms with van der Waals surface area (Å²) in [6.07, 6.45) is 2.96. The molecule has 2 nitrogen and oxygen atoms in total. The van der Waals surface area contributed by atoms with Gasteiger partial charge in [0.15, 0.2) is 0 Å². The van der Waals surface area contributed by atoms with E-state index in [1.807, 2.05) is 6.07 Å². The molecule has 0 radical (unpaired) electrons. The van der Waals surface area contributed by atoms with E-state index >= 15 is 0 Å². The molecule has 0 aliphatic carbocycles. The summed E-state index contributed by atoms with van der Waals surface area (Å²) in [5.41, 5.74) is 4.98. The van der Waals surface area contributed by atoms with E-state index in [2.05, 4.69) is 0 Å². The van der Waals surface area contributed by atoms with Crippen molar-refractivity contribution < 1.29 is 0 Å². The molecule has 6 heavy (non-hydrogen) atoms. The Morgan fingerprint density at radius 3 is 2.67 bits per heavy atom. The Labute approximate surface area is 36.9 Å². The molecule has 2 heteroatoms. The molecular weight excluding hydrogens is 76.1 g/mol. The van der Waals surface area contributed by atoms with Crippen molar-refractivity contribution in [1.82, 2.24) is 0 Å².